The van der Waals surface area contributed by atoms with Crippen LogP contribution in [0.2, 0.25) is 0 Å². The summed E-state index contributed by atoms with van der Waals surface area (Å²) < 4.78 is 26.1. The lowest BCUT2D eigenvalue weighted by Gasteiger charge is -2.32. The van der Waals surface area contributed by atoms with Gasteiger partial charge in [0, 0.05) is 46.3 Å². The Hall–Kier alpha value is -2.42. The first kappa shape index (κ1) is 22.3. The lowest BCUT2D eigenvalue weighted by Crippen LogP contribution is -2.47. The number of hydrogen-bond acceptors (Lipinski definition) is 4. The normalized spacial score (nSPS) is 15.8. The van der Waals surface area contributed by atoms with Crippen LogP contribution in [-0.2, 0) is 23.1 Å². The maximum Gasteiger partial charge on any atom is 0.315 e. The van der Waals surface area contributed by atoms with Gasteiger partial charge in [0.15, 0.2) is 0 Å². The zero-order valence-corrected chi connectivity index (χ0v) is 18.4. The Labute approximate surface area is 179 Å². The number of benzene rings is 2. The molecule has 2 aromatic carbocycles. The van der Waals surface area contributed by atoms with E-state index in [0.29, 0.717) is 5.56 Å². The Kier molecular flexibility index (Phi) is 7.47. The van der Waals surface area contributed by atoms with Gasteiger partial charge >= 0.3 is 6.03 Å². The zero-order valence-electron chi connectivity index (χ0n) is 17.5. The molecule has 1 fully saturated rings. The molecule has 0 bridgehead atoms. The van der Waals surface area contributed by atoms with Crippen molar-refractivity contribution in [2.45, 2.75) is 36.9 Å². The Morgan fingerprint density at radius 1 is 1.03 bits per heavy atom. The first-order valence-electron chi connectivity index (χ1n) is 10.2. The molecule has 0 saturated carbocycles. The molecule has 0 radical (unpaired) electrons. The van der Waals surface area contributed by atoms with Crippen LogP contribution in [0.1, 0.15) is 24.0 Å². The molecule has 0 atom stereocenters. The molecule has 1 aliphatic heterocycles. The Balaban J connectivity index is 1.47. The second-order valence-electron chi connectivity index (χ2n) is 7.76. The third kappa shape index (κ3) is 5.81. The molecule has 7 nitrogen and oxygen atoms in total. The van der Waals surface area contributed by atoms with Crippen molar-refractivity contribution >= 4 is 16.1 Å². The largest absolute Gasteiger partial charge is 0.335 e. The molecule has 1 saturated heterocycles. The number of nitrogens with zero attached hydrogens (tertiary/aromatic N) is 2. The van der Waals surface area contributed by atoms with E-state index in [1.54, 1.807) is 24.3 Å². The average Bonchev–Trinajstić information content (AvgIpc) is 2.74. The second kappa shape index (κ2) is 10.1. The Morgan fingerprint density at radius 3 is 2.33 bits per heavy atom. The van der Waals surface area contributed by atoms with Crippen LogP contribution < -0.4 is 10.6 Å². The maximum absolute atomic E-state index is 12.5. The molecule has 0 aliphatic carbocycles. The summed E-state index contributed by atoms with van der Waals surface area (Å²) in [6.45, 7) is 2.95. The minimum absolute atomic E-state index is 0.123. The highest BCUT2D eigenvalue weighted by Gasteiger charge is 2.22. The van der Waals surface area contributed by atoms with E-state index in [1.807, 2.05) is 6.07 Å². The molecule has 2 N–H and O–H groups in total. The fourth-order valence-electron chi connectivity index (χ4n) is 3.59. The first-order chi connectivity index (χ1) is 14.4. The maximum atomic E-state index is 12.5. The highest BCUT2D eigenvalue weighted by Crippen LogP contribution is 2.18. The van der Waals surface area contributed by atoms with E-state index < -0.39 is 10.0 Å². The summed E-state index contributed by atoms with van der Waals surface area (Å²) in [6.07, 6.45) is 1.79. The number of likely N-dealkylation sites (tertiary alicyclic amines) is 1. The van der Waals surface area contributed by atoms with Gasteiger partial charge in [0.25, 0.3) is 0 Å². The topological polar surface area (TPSA) is 81.8 Å². The SMILES string of the molecule is CN(C)S(=O)(=O)c1ccccc1CNC(=O)NC1CCN(Cc2ccccc2)CC1. The van der Waals surface area contributed by atoms with Gasteiger partial charge in [-0.1, -0.05) is 48.5 Å². The fourth-order valence-corrected chi connectivity index (χ4v) is 4.70. The van der Waals surface area contributed by atoms with E-state index in [-0.39, 0.29) is 23.5 Å². The molecular formula is C22H30N4O3S. The highest BCUT2D eigenvalue weighted by molar-refractivity contribution is 7.89. The monoisotopic (exact) mass is 430 g/mol. The lowest BCUT2D eigenvalue weighted by atomic mass is 10.0. The molecule has 8 heteroatoms. The van der Waals surface area contributed by atoms with Gasteiger partial charge in [0.05, 0.1) is 4.90 Å². The van der Waals surface area contributed by atoms with Crippen molar-refractivity contribution in [3.63, 3.8) is 0 Å². The summed E-state index contributed by atoms with van der Waals surface area (Å²) in [5.41, 5.74) is 1.87. The van der Waals surface area contributed by atoms with Gasteiger partial charge in [-0.15, -0.1) is 0 Å². The smallest absolute Gasteiger partial charge is 0.315 e. The van der Waals surface area contributed by atoms with Gasteiger partial charge in [0.2, 0.25) is 10.0 Å². The molecule has 2 aromatic rings. The molecular weight excluding hydrogens is 400 g/mol. The van der Waals surface area contributed by atoms with E-state index in [2.05, 4.69) is 39.8 Å². The van der Waals surface area contributed by atoms with E-state index in [1.165, 1.54) is 24.0 Å². The van der Waals surface area contributed by atoms with Crippen LogP contribution in [0.4, 0.5) is 4.79 Å². The van der Waals surface area contributed by atoms with E-state index >= 15 is 0 Å². The molecule has 1 aliphatic rings. The number of sulfonamides is 1. The minimum Gasteiger partial charge on any atom is -0.335 e. The quantitative estimate of drug-likeness (QED) is 0.707. The third-order valence-electron chi connectivity index (χ3n) is 5.34. The summed E-state index contributed by atoms with van der Waals surface area (Å²) in [6, 6.07) is 17.0. The van der Waals surface area contributed by atoms with Crippen molar-refractivity contribution in [3.05, 3.63) is 65.7 Å². The number of urea groups is 1. The van der Waals surface area contributed by atoms with Crippen LogP contribution in [-0.4, -0.2) is 56.9 Å². The van der Waals surface area contributed by atoms with Gasteiger partial charge < -0.3 is 10.6 Å². The predicted octanol–water partition coefficient (Wildman–Crippen LogP) is 2.40. The summed E-state index contributed by atoms with van der Waals surface area (Å²) in [7, 11) is -0.566. The number of nitrogens with one attached hydrogen (secondary N) is 2. The van der Waals surface area contributed by atoms with Crippen LogP contribution in [0.3, 0.4) is 0 Å². The van der Waals surface area contributed by atoms with Gasteiger partial charge in [-0.25, -0.2) is 17.5 Å². The number of hydrogen-bond donors (Lipinski definition) is 2. The average molecular weight is 431 g/mol. The second-order valence-corrected chi connectivity index (χ2v) is 9.88. The summed E-state index contributed by atoms with van der Waals surface area (Å²) in [5, 5.41) is 5.82. The standard InChI is InChI=1S/C22H30N4O3S/c1-25(2)30(28,29)21-11-7-6-10-19(21)16-23-22(27)24-20-12-14-26(15-13-20)17-18-8-4-3-5-9-18/h3-11,20H,12-17H2,1-2H3,(H2,23,24,27). The third-order valence-corrected chi connectivity index (χ3v) is 7.26. The van der Waals surface area contributed by atoms with Crippen molar-refractivity contribution in [1.29, 1.82) is 0 Å². The van der Waals surface area contributed by atoms with Crippen LogP contribution >= 0.6 is 0 Å². The summed E-state index contributed by atoms with van der Waals surface area (Å²) >= 11 is 0. The van der Waals surface area contributed by atoms with E-state index in [0.717, 1.165) is 32.5 Å². The number of amides is 2. The molecule has 2 amide bonds. The minimum atomic E-state index is -3.56. The molecule has 0 spiro atoms. The zero-order chi connectivity index (χ0) is 21.6. The lowest BCUT2D eigenvalue weighted by molar-refractivity contribution is 0.186. The van der Waals surface area contributed by atoms with Crippen molar-refractivity contribution < 1.29 is 13.2 Å². The fraction of sp³-hybridized carbons (Fsp3) is 0.409. The summed E-state index contributed by atoms with van der Waals surface area (Å²) in [4.78, 5) is 15.0. The first-order valence-corrected chi connectivity index (χ1v) is 11.6. The van der Waals surface area contributed by atoms with Gasteiger partial charge in [-0.05, 0) is 30.0 Å². The molecule has 30 heavy (non-hydrogen) atoms. The Morgan fingerprint density at radius 2 is 1.67 bits per heavy atom. The number of rotatable bonds is 7. The van der Waals surface area contributed by atoms with Crippen LogP contribution in [0.25, 0.3) is 0 Å². The number of carbonyl (C=O) groups is 1. The highest BCUT2D eigenvalue weighted by atomic mass is 32.2. The van der Waals surface area contributed by atoms with Crippen LogP contribution in [0.15, 0.2) is 59.5 Å². The van der Waals surface area contributed by atoms with Crippen molar-refractivity contribution in [2.75, 3.05) is 27.2 Å². The number of carbonyl (C=O) groups excluding carboxylic acids is 1. The van der Waals surface area contributed by atoms with E-state index in [9.17, 15) is 13.2 Å². The molecule has 0 aromatic heterocycles. The molecule has 0 unspecified atom stereocenters. The Bertz CT molecular complexity index is 940. The number of piperidine rings is 1. The van der Waals surface area contributed by atoms with Crippen molar-refractivity contribution in [1.82, 2.24) is 19.8 Å². The van der Waals surface area contributed by atoms with Gasteiger partial charge in [0.1, 0.15) is 0 Å². The van der Waals surface area contributed by atoms with Crippen molar-refractivity contribution in [2.24, 2.45) is 0 Å². The molecule has 162 valence electrons. The van der Waals surface area contributed by atoms with Crippen LogP contribution in [0, 0.1) is 0 Å². The predicted molar refractivity (Wildman–Crippen MR) is 117 cm³/mol. The molecule has 1 heterocycles. The van der Waals surface area contributed by atoms with Crippen LogP contribution in [0.5, 0.6) is 0 Å². The van der Waals surface area contributed by atoms with Gasteiger partial charge in [-0.2, -0.15) is 0 Å². The summed E-state index contributed by atoms with van der Waals surface area (Å²) in [5.74, 6) is 0. The van der Waals surface area contributed by atoms with E-state index in [4.69, 9.17) is 0 Å². The van der Waals surface area contributed by atoms with Crippen molar-refractivity contribution in [3.8, 4) is 0 Å². The molecule has 3 rings (SSSR count). The van der Waals surface area contributed by atoms with Gasteiger partial charge in [-0.3, -0.25) is 4.90 Å².